The van der Waals surface area contributed by atoms with E-state index in [9.17, 15) is 4.79 Å². The van der Waals surface area contributed by atoms with Crippen LogP contribution in [0.2, 0.25) is 0 Å². The van der Waals surface area contributed by atoms with Crippen LogP contribution in [0.15, 0.2) is 24.3 Å². The number of nitrogens with one attached hydrogen (secondary N) is 1. The maximum absolute atomic E-state index is 10.8. The van der Waals surface area contributed by atoms with Crippen molar-refractivity contribution in [3.8, 4) is 5.75 Å². The van der Waals surface area contributed by atoms with Gasteiger partial charge in [-0.2, -0.15) is 0 Å². The summed E-state index contributed by atoms with van der Waals surface area (Å²) < 4.78 is 5.75. The molecule has 2 rings (SSSR count). The topological polar surface area (TPSA) is 64.4 Å². The Morgan fingerprint density at radius 2 is 2.11 bits per heavy atom. The van der Waals surface area contributed by atoms with Gasteiger partial charge in [-0.25, -0.2) is 0 Å². The van der Waals surface area contributed by atoms with Gasteiger partial charge in [0.1, 0.15) is 5.75 Å². The minimum absolute atomic E-state index is 0. The molecule has 0 saturated carbocycles. The van der Waals surface area contributed by atoms with E-state index < -0.39 is 0 Å². The summed E-state index contributed by atoms with van der Waals surface area (Å²) in [5.74, 6) is 1.15. The Morgan fingerprint density at radius 3 is 2.68 bits per heavy atom. The van der Waals surface area contributed by atoms with Gasteiger partial charge in [0.05, 0.1) is 13.0 Å². The predicted octanol–water partition coefficient (Wildman–Crippen LogP) is 1.51. The van der Waals surface area contributed by atoms with Crippen molar-refractivity contribution in [1.82, 2.24) is 5.32 Å². The van der Waals surface area contributed by atoms with Gasteiger partial charge in [-0.05, 0) is 37.1 Å². The second kappa shape index (κ2) is 8.02. The lowest BCUT2D eigenvalue weighted by atomic mass is 10.0. The van der Waals surface area contributed by atoms with Crippen LogP contribution in [0.1, 0.15) is 18.4 Å². The molecule has 1 fully saturated rings. The van der Waals surface area contributed by atoms with Crippen LogP contribution in [0.25, 0.3) is 0 Å². The highest BCUT2D eigenvalue weighted by Gasteiger charge is 2.13. The Kier molecular flexibility index (Phi) is 6.67. The van der Waals surface area contributed by atoms with E-state index in [-0.39, 0.29) is 24.7 Å². The molecule has 0 aromatic heterocycles. The zero-order valence-electron chi connectivity index (χ0n) is 10.9. The zero-order valence-corrected chi connectivity index (χ0v) is 11.7. The quantitative estimate of drug-likeness (QED) is 0.861. The van der Waals surface area contributed by atoms with E-state index in [1.54, 1.807) is 0 Å². The molecule has 5 heteroatoms. The highest BCUT2D eigenvalue weighted by Crippen LogP contribution is 2.16. The van der Waals surface area contributed by atoms with E-state index in [0.29, 0.717) is 5.92 Å². The van der Waals surface area contributed by atoms with Gasteiger partial charge in [0.2, 0.25) is 5.91 Å². The highest BCUT2D eigenvalue weighted by molar-refractivity contribution is 5.85. The third-order valence-corrected chi connectivity index (χ3v) is 3.19. The van der Waals surface area contributed by atoms with Crippen LogP contribution in [0.4, 0.5) is 0 Å². The monoisotopic (exact) mass is 284 g/mol. The molecule has 0 bridgehead atoms. The maximum atomic E-state index is 10.8. The van der Waals surface area contributed by atoms with Crippen molar-refractivity contribution in [1.29, 1.82) is 0 Å². The summed E-state index contributed by atoms with van der Waals surface area (Å²) in [6.45, 7) is 2.92. The Balaban J connectivity index is 0.00000180. The first-order valence-electron chi connectivity index (χ1n) is 6.45. The summed E-state index contributed by atoms with van der Waals surface area (Å²) in [6, 6.07) is 7.57. The van der Waals surface area contributed by atoms with E-state index in [4.69, 9.17) is 10.5 Å². The summed E-state index contributed by atoms with van der Waals surface area (Å²) in [5, 5.41) is 3.37. The number of carbonyl (C=O) groups is 1. The number of nitrogens with two attached hydrogens (primary N) is 1. The molecule has 0 aliphatic carbocycles. The predicted molar refractivity (Wildman–Crippen MR) is 77.7 cm³/mol. The van der Waals surface area contributed by atoms with Crippen molar-refractivity contribution in [3.05, 3.63) is 29.8 Å². The lowest BCUT2D eigenvalue weighted by Gasteiger charge is -2.22. The molecule has 1 heterocycles. The number of ether oxygens (including phenoxy) is 1. The van der Waals surface area contributed by atoms with Gasteiger partial charge in [0.15, 0.2) is 0 Å². The number of halogens is 1. The van der Waals surface area contributed by atoms with Gasteiger partial charge in [-0.1, -0.05) is 12.1 Å². The summed E-state index contributed by atoms with van der Waals surface area (Å²) in [6.07, 6.45) is 2.74. The minimum Gasteiger partial charge on any atom is -0.493 e. The van der Waals surface area contributed by atoms with Crippen LogP contribution < -0.4 is 15.8 Å². The summed E-state index contributed by atoms with van der Waals surface area (Å²) in [5.41, 5.74) is 6.07. The van der Waals surface area contributed by atoms with Crippen molar-refractivity contribution in [3.63, 3.8) is 0 Å². The fraction of sp³-hybridized carbons (Fsp3) is 0.500. The van der Waals surface area contributed by atoms with Gasteiger partial charge in [-0.15, -0.1) is 12.4 Å². The first-order valence-corrected chi connectivity index (χ1v) is 6.45. The van der Waals surface area contributed by atoms with E-state index in [1.165, 1.54) is 12.8 Å². The van der Waals surface area contributed by atoms with E-state index in [1.807, 2.05) is 24.3 Å². The number of benzene rings is 1. The number of carbonyl (C=O) groups excluding carboxylic acids is 1. The van der Waals surface area contributed by atoms with Crippen LogP contribution >= 0.6 is 12.4 Å². The second-order valence-corrected chi connectivity index (χ2v) is 4.81. The molecule has 106 valence electrons. The molecular formula is C14H21ClN2O2. The first-order chi connectivity index (χ1) is 8.74. The van der Waals surface area contributed by atoms with E-state index in [0.717, 1.165) is 31.0 Å². The number of hydrogen-bond donors (Lipinski definition) is 2. The van der Waals surface area contributed by atoms with Gasteiger partial charge >= 0.3 is 0 Å². The SMILES string of the molecule is Cl.NC(=O)Cc1ccc(OCC2CCCNC2)cc1. The lowest BCUT2D eigenvalue weighted by molar-refractivity contribution is -0.117. The number of piperidine rings is 1. The van der Waals surface area contributed by atoms with Crippen LogP contribution in [-0.4, -0.2) is 25.6 Å². The Morgan fingerprint density at radius 1 is 1.37 bits per heavy atom. The van der Waals surface area contributed by atoms with Crippen LogP contribution in [-0.2, 0) is 11.2 Å². The largest absolute Gasteiger partial charge is 0.493 e. The van der Waals surface area contributed by atoms with Gasteiger partial charge in [0.25, 0.3) is 0 Å². The molecule has 1 saturated heterocycles. The van der Waals surface area contributed by atoms with Gasteiger partial charge in [0, 0.05) is 12.5 Å². The number of primary amides is 1. The van der Waals surface area contributed by atoms with Crippen molar-refractivity contribution >= 4 is 18.3 Å². The van der Waals surface area contributed by atoms with Crippen molar-refractivity contribution in [2.45, 2.75) is 19.3 Å². The zero-order chi connectivity index (χ0) is 12.8. The van der Waals surface area contributed by atoms with Crippen molar-refractivity contribution in [2.75, 3.05) is 19.7 Å². The van der Waals surface area contributed by atoms with Gasteiger partial charge in [-0.3, -0.25) is 4.79 Å². The molecule has 1 aromatic carbocycles. The molecule has 1 aliphatic heterocycles. The molecule has 0 radical (unpaired) electrons. The molecule has 1 aliphatic rings. The minimum atomic E-state index is -0.308. The van der Waals surface area contributed by atoms with Crippen LogP contribution in [0.3, 0.4) is 0 Å². The fourth-order valence-corrected chi connectivity index (χ4v) is 2.19. The van der Waals surface area contributed by atoms with Crippen molar-refractivity contribution in [2.24, 2.45) is 11.7 Å². The number of hydrogen-bond acceptors (Lipinski definition) is 3. The smallest absolute Gasteiger partial charge is 0.221 e. The normalized spacial score (nSPS) is 18.4. The standard InChI is InChI=1S/C14H20N2O2.ClH/c15-14(17)8-11-3-5-13(6-4-11)18-10-12-2-1-7-16-9-12;/h3-6,12,16H,1-2,7-10H2,(H2,15,17);1H. The molecule has 19 heavy (non-hydrogen) atoms. The molecule has 1 amide bonds. The lowest BCUT2D eigenvalue weighted by Crippen LogP contribution is -2.33. The Bertz CT molecular complexity index is 389. The molecule has 3 N–H and O–H groups in total. The van der Waals surface area contributed by atoms with Crippen molar-refractivity contribution < 1.29 is 9.53 Å². The van der Waals surface area contributed by atoms with Gasteiger partial charge < -0.3 is 15.8 Å². The average Bonchev–Trinajstić information content (AvgIpc) is 2.38. The molecule has 4 nitrogen and oxygen atoms in total. The number of amides is 1. The Labute approximate surface area is 120 Å². The molecule has 1 unspecified atom stereocenters. The molecule has 1 atom stereocenters. The number of rotatable bonds is 5. The highest BCUT2D eigenvalue weighted by atomic mass is 35.5. The summed E-state index contributed by atoms with van der Waals surface area (Å²) in [7, 11) is 0. The van der Waals surface area contributed by atoms with Crippen LogP contribution in [0.5, 0.6) is 5.75 Å². The molecular weight excluding hydrogens is 264 g/mol. The fourth-order valence-electron chi connectivity index (χ4n) is 2.19. The first kappa shape index (κ1) is 15.8. The van der Waals surface area contributed by atoms with E-state index in [2.05, 4.69) is 5.32 Å². The van der Waals surface area contributed by atoms with E-state index >= 15 is 0 Å². The maximum Gasteiger partial charge on any atom is 0.221 e. The summed E-state index contributed by atoms with van der Waals surface area (Å²) >= 11 is 0. The molecule has 1 aromatic rings. The second-order valence-electron chi connectivity index (χ2n) is 4.81. The average molecular weight is 285 g/mol. The summed E-state index contributed by atoms with van der Waals surface area (Å²) in [4.78, 5) is 10.8. The van der Waals surface area contributed by atoms with Crippen LogP contribution in [0, 0.1) is 5.92 Å². The third-order valence-electron chi connectivity index (χ3n) is 3.19. The molecule has 0 spiro atoms. The third kappa shape index (κ3) is 5.49. The Hall–Kier alpha value is -1.26.